The van der Waals surface area contributed by atoms with Crippen molar-refractivity contribution in [1.29, 1.82) is 0 Å². The van der Waals surface area contributed by atoms with Crippen molar-refractivity contribution in [2.75, 3.05) is 13.1 Å². The first-order valence-corrected chi connectivity index (χ1v) is 8.78. The number of nitrogens with one attached hydrogen (secondary N) is 1. The van der Waals surface area contributed by atoms with Crippen LogP contribution in [0, 0.1) is 12.8 Å². The summed E-state index contributed by atoms with van der Waals surface area (Å²) in [5, 5.41) is 4.07. The lowest BCUT2D eigenvalue weighted by molar-refractivity contribution is 0.0687. The van der Waals surface area contributed by atoms with Crippen molar-refractivity contribution < 1.29 is 9.32 Å². The number of rotatable bonds is 4. The van der Waals surface area contributed by atoms with Crippen LogP contribution < -0.4 is 5.56 Å². The summed E-state index contributed by atoms with van der Waals surface area (Å²) in [6.07, 6.45) is 6.18. The van der Waals surface area contributed by atoms with E-state index in [1.807, 2.05) is 0 Å². The van der Waals surface area contributed by atoms with Crippen molar-refractivity contribution in [2.24, 2.45) is 5.92 Å². The van der Waals surface area contributed by atoms with Gasteiger partial charge in [-0.1, -0.05) is 5.16 Å². The van der Waals surface area contributed by atoms with Crippen LogP contribution >= 0.6 is 0 Å². The summed E-state index contributed by atoms with van der Waals surface area (Å²) in [4.78, 5) is 37.2. The van der Waals surface area contributed by atoms with Gasteiger partial charge in [0, 0.05) is 31.6 Å². The van der Waals surface area contributed by atoms with E-state index in [1.165, 1.54) is 6.20 Å². The Kier molecular flexibility index (Phi) is 4.10. The Morgan fingerprint density at radius 3 is 2.76 bits per heavy atom. The van der Waals surface area contributed by atoms with E-state index in [1.54, 1.807) is 11.8 Å². The van der Waals surface area contributed by atoms with Gasteiger partial charge in [0.05, 0.1) is 0 Å². The third kappa shape index (κ3) is 3.47. The van der Waals surface area contributed by atoms with Crippen LogP contribution in [0.3, 0.4) is 0 Å². The molecule has 0 radical (unpaired) electrons. The van der Waals surface area contributed by atoms with Crippen molar-refractivity contribution in [1.82, 2.24) is 25.0 Å². The minimum atomic E-state index is -0.376. The van der Waals surface area contributed by atoms with Crippen molar-refractivity contribution in [3.8, 4) is 0 Å². The molecule has 1 saturated heterocycles. The number of carbonyl (C=O) groups is 1. The zero-order chi connectivity index (χ0) is 17.4. The second-order valence-electron chi connectivity index (χ2n) is 6.97. The number of likely N-dealkylation sites (tertiary alicyclic amines) is 1. The van der Waals surface area contributed by atoms with E-state index in [0.29, 0.717) is 30.7 Å². The molecule has 4 rings (SSSR count). The highest BCUT2D eigenvalue weighted by Crippen LogP contribution is 2.39. The number of amides is 1. The van der Waals surface area contributed by atoms with Gasteiger partial charge in [-0.15, -0.1) is 0 Å². The molecule has 1 aliphatic carbocycles. The fourth-order valence-electron chi connectivity index (χ4n) is 3.25. The zero-order valence-electron chi connectivity index (χ0n) is 14.2. The highest BCUT2D eigenvalue weighted by Gasteiger charge is 2.31. The minimum absolute atomic E-state index is 0.108. The van der Waals surface area contributed by atoms with Gasteiger partial charge in [0.15, 0.2) is 5.82 Å². The predicted octanol–water partition coefficient (Wildman–Crippen LogP) is 1.43. The molecule has 2 aromatic heterocycles. The van der Waals surface area contributed by atoms with E-state index in [4.69, 9.17) is 4.52 Å². The second kappa shape index (κ2) is 6.42. The maximum Gasteiger partial charge on any atom is 0.263 e. The molecule has 0 unspecified atom stereocenters. The monoisotopic (exact) mass is 343 g/mol. The first kappa shape index (κ1) is 16.0. The SMILES string of the molecule is Cc1ncc(C(=O)N2CCC(Cc3noc(C4CC4)n3)CC2)c(=O)[nH]1. The molecule has 3 heterocycles. The standard InChI is InChI=1S/C17H21N5O3/c1-10-18-9-13(15(23)19-10)17(24)22-6-4-11(5-7-22)8-14-20-16(25-21-14)12-2-3-12/h9,11-12H,2-8H2,1H3,(H,18,19,23). The van der Waals surface area contributed by atoms with Gasteiger partial charge in [0.1, 0.15) is 11.4 Å². The summed E-state index contributed by atoms with van der Waals surface area (Å²) in [6, 6.07) is 0. The molecular weight excluding hydrogens is 322 g/mol. The van der Waals surface area contributed by atoms with Crippen LogP contribution in [0.15, 0.2) is 15.5 Å². The molecule has 25 heavy (non-hydrogen) atoms. The van der Waals surface area contributed by atoms with Crippen LogP contribution in [0.25, 0.3) is 0 Å². The van der Waals surface area contributed by atoms with Gasteiger partial charge in [0.25, 0.3) is 11.5 Å². The van der Waals surface area contributed by atoms with E-state index >= 15 is 0 Å². The van der Waals surface area contributed by atoms with Gasteiger partial charge < -0.3 is 14.4 Å². The molecule has 2 aliphatic rings. The molecule has 1 N–H and O–H groups in total. The Hall–Kier alpha value is -2.51. The Morgan fingerprint density at radius 2 is 2.08 bits per heavy atom. The molecule has 0 spiro atoms. The highest BCUT2D eigenvalue weighted by molar-refractivity contribution is 5.93. The van der Waals surface area contributed by atoms with E-state index in [0.717, 1.165) is 43.8 Å². The smallest absolute Gasteiger partial charge is 0.263 e. The van der Waals surface area contributed by atoms with Crippen LogP contribution in [0.2, 0.25) is 0 Å². The Morgan fingerprint density at radius 1 is 1.32 bits per heavy atom. The molecule has 2 aromatic rings. The van der Waals surface area contributed by atoms with Crippen molar-refractivity contribution in [3.63, 3.8) is 0 Å². The van der Waals surface area contributed by atoms with Crippen LogP contribution in [-0.4, -0.2) is 44.0 Å². The molecule has 8 nitrogen and oxygen atoms in total. The molecule has 8 heteroatoms. The molecule has 1 aliphatic heterocycles. The Labute approximate surface area is 144 Å². The fraction of sp³-hybridized carbons (Fsp3) is 0.588. The predicted molar refractivity (Wildman–Crippen MR) is 88.2 cm³/mol. The van der Waals surface area contributed by atoms with Crippen LogP contribution in [0.4, 0.5) is 0 Å². The van der Waals surface area contributed by atoms with Crippen LogP contribution in [0.1, 0.15) is 59.5 Å². The van der Waals surface area contributed by atoms with Crippen LogP contribution in [0.5, 0.6) is 0 Å². The third-order valence-electron chi connectivity index (χ3n) is 4.94. The van der Waals surface area contributed by atoms with Gasteiger partial charge in [-0.2, -0.15) is 4.98 Å². The second-order valence-corrected chi connectivity index (χ2v) is 6.97. The largest absolute Gasteiger partial charge is 0.339 e. The maximum atomic E-state index is 12.5. The van der Waals surface area contributed by atoms with E-state index in [2.05, 4.69) is 20.1 Å². The topological polar surface area (TPSA) is 105 Å². The molecule has 2 fully saturated rings. The normalized spacial score (nSPS) is 18.5. The number of hydrogen-bond acceptors (Lipinski definition) is 6. The molecule has 1 amide bonds. The van der Waals surface area contributed by atoms with Crippen LogP contribution in [-0.2, 0) is 6.42 Å². The van der Waals surface area contributed by atoms with E-state index < -0.39 is 0 Å². The maximum absolute atomic E-state index is 12.5. The zero-order valence-corrected chi connectivity index (χ0v) is 14.2. The van der Waals surface area contributed by atoms with Gasteiger partial charge in [-0.05, 0) is 38.5 Å². The number of aromatic amines is 1. The van der Waals surface area contributed by atoms with Gasteiger partial charge >= 0.3 is 0 Å². The van der Waals surface area contributed by atoms with Gasteiger partial charge in [-0.3, -0.25) is 9.59 Å². The number of nitrogens with zero attached hydrogens (tertiary/aromatic N) is 4. The number of piperidine rings is 1. The summed E-state index contributed by atoms with van der Waals surface area (Å²) in [5.74, 6) is 2.71. The average molecular weight is 343 g/mol. The third-order valence-corrected chi connectivity index (χ3v) is 4.94. The molecule has 0 atom stereocenters. The van der Waals surface area contributed by atoms with E-state index in [-0.39, 0.29) is 17.0 Å². The molecule has 1 saturated carbocycles. The highest BCUT2D eigenvalue weighted by atomic mass is 16.5. The number of hydrogen-bond donors (Lipinski definition) is 1. The van der Waals surface area contributed by atoms with Crippen molar-refractivity contribution in [3.05, 3.63) is 39.7 Å². The minimum Gasteiger partial charge on any atom is -0.339 e. The summed E-state index contributed by atoms with van der Waals surface area (Å²) < 4.78 is 5.30. The molecule has 0 bridgehead atoms. The lowest BCUT2D eigenvalue weighted by Gasteiger charge is -2.31. The Bertz CT molecular complexity index is 831. The summed E-state index contributed by atoms with van der Waals surface area (Å²) in [7, 11) is 0. The number of carbonyl (C=O) groups excluding carboxylic acids is 1. The van der Waals surface area contributed by atoms with Gasteiger partial charge in [0.2, 0.25) is 5.89 Å². The number of H-pyrrole nitrogens is 1. The Balaban J connectivity index is 1.34. The molecule has 132 valence electrons. The first-order valence-electron chi connectivity index (χ1n) is 8.78. The molecular formula is C17H21N5O3. The lowest BCUT2D eigenvalue weighted by Crippen LogP contribution is -2.41. The van der Waals surface area contributed by atoms with E-state index in [9.17, 15) is 9.59 Å². The summed E-state index contributed by atoms with van der Waals surface area (Å²) >= 11 is 0. The lowest BCUT2D eigenvalue weighted by atomic mass is 9.93. The first-order chi connectivity index (χ1) is 12.1. The van der Waals surface area contributed by atoms with Gasteiger partial charge in [-0.25, -0.2) is 4.98 Å². The molecule has 0 aromatic carbocycles. The number of aromatic nitrogens is 4. The van der Waals surface area contributed by atoms with Crippen molar-refractivity contribution in [2.45, 2.75) is 44.9 Å². The summed E-state index contributed by atoms with van der Waals surface area (Å²) in [5.41, 5.74) is -0.268. The van der Waals surface area contributed by atoms with Crippen molar-refractivity contribution >= 4 is 5.91 Å². The number of aryl methyl sites for hydroxylation is 1. The fourth-order valence-corrected chi connectivity index (χ4v) is 3.25. The quantitative estimate of drug-likeness (QED) is 0.900. The summed E-state index contributed by atoms with van der Waals surface area (Å²) in [6.45, 7) is 2.95. The average Bonchev–Trinajstić information content (AvgIpc) is 3.35.